The van der Waals surface area contributed by atoms with Crippen molar-refractivity contribution in [3.63, 3.8) is 0 Å². The molecular formula is C12H9N3O4S. The average molecular weight is 291 g/mol. The summed E-state index contributed by atoms with van der Waals surface area (Å²) in [5.41, 5.74) is 5.44. The normalized spacial score (nSPS) is 10.2. The van der Waals surface area contributed by atoms with Crippen LogP contribution in [0.3, 0.4) is 0 Å². The van der Waals surface area contributed by atoms with Gasteiger partial charge in [-0.2, -0.15) is 0 Å². The van der Waals surface area contributed by atoms with Crippen molar-refractivity contribution in [1.29, 1.82) is 0 Å². The molecule has 2 rings (SSSR count). The molecule has 0 radical (unpaired) electrons. The lowest BCUT2D eigenvalue weighted by atomic mass is 10.2. The first-order chi connectivity index (χ1) is 9.47. The van der Waals surface area contributed by atoms with Gasteiger partial charge in [0.1, 0.15) is 5.03 Å². The van der Waals surface area contributed by atoms with Crippen LogP contribution in [0.5, 0.6) is 0 Å². The van der Waals surface area contributed by atoms with Gasteiger partial charge in [0.25, 0.3) is 0 Å². The highest BCUT2D eigenvalue weighted by atomic mass is 32.2. The lowest BCUT2D eigenvalue weighted by Gasteiger charge is -2.03. The molecule has 0 bridgehead atoms. The second kappa shape index (κ2) is 5.57. The number of carboxylic acids is 1. The molecule has 3 N–H and O–H groups in total. The van der Waals surface area contributed by atoms with Crippen LogP contribution < -0.4 is 5.73 Å². The Hall–Kier alpha value is -2.61. The summed E-state index contributed by atoms with van der Waals surface area (Å²) in [6, 6.07) is 8.99. The van der Waals surface area contributed by atoms with E-state index < -0.39 is 10.9 Å². The topological polar surface area (TPSA) is 119 Å². The maximum absolute atomic E-state index is 10.7. The van der Waals surface area contributed by atoms with E-state index in [0.29, 0.717) is 5.03 Å². The lowest BCUT2D eigenvalue weighted by molar-refractivity contribution is -0.384. The van der Waals surface area contributed by atoms with Crippen LogP contribution >= 0.6 is 11.8 Å². The molecule has 102 valence electrons. The van der Waals surface area contributed by atoms with Gasteiger partial charge >= 0.3 is 11.7 Å². The van der Waals surface area contributed by atoms with E-state index >= 15 is 0 Å². The number of aromatic nitrogens is 1. The number of carboxylic acid groups (broad SMARTS) is 1. The number of hydrogen-bond donors (Lipinski definition) is 2. The van der Waals surface area contributed by atoms with Crippen LogP contribution in [0.15, 0.2) is 46.3 Å². The zero-order valence-electron chi connectivity index (χ0n) is 10.0. The Balaban J connectivity index is 2.19. The molecule has 1 aromatic heterocycles. The Bertz CT molecular complexity index is 673. The second-order valence-electron chi connectivity index (χ2n) is 3.74. The molecular weight excluding hydrogens is 282 g/mol. The Morgan fingerprint density at radius 3 is 2.40 bits per heavy atom. The zero-order chi connectivity index (χ0) is 14.7. The largest absolute Gasteiger partial charge is 0.478 e. The van der Waals surface area contributed by atoms with Gasteiger partial charge in [-0.05, 0) is 30.3 Å². The van der Waals surface area contributed by atoms with Crippen molar-refractivity contribution < 1.29 is 14.8 Å². The SMILES string of the molecule is Nc1nc(Sc2ccc(C(=O)O)cc2)ccc1[N+](=O)[O-]. The number of nitrogen functional groups attached to an aromatic ring is 1. The summed E-state index contributed by atoms with van der Waals surface area (Å²) in [6.07, 6.45) is 0. The monoisotopic (exact) mass is 291 g/mol. The van der Waals surface area contributed by atoms with Gasteiger partial charge in [0.2, 0.25) is 5.82 Å². The first-order valence-corrected chi connectivity index (χ1v) is 6.21. The van der Waals surface area contributed by atoms with E-state index in [2.05, 4.69) is 4.98 Å². The molecule has 0 saturated heterocycles. The third-order valence-corrected chi connectivity index (χ3v) is 3.34. The van der Waals surface area contributed by atoms with Crippen molar-refractivity contribution in [2.45, 2.75) is 9.92 Å². The number of carbonyl (C=O) groups is 1. The quantitative estimate of drug-likeness (QED) is 0.655. The second-order valence-corrected chi connectivity index (χ2v) is 4.84. The van der Waals surface area contributed by atoms with Crippen molar-refractivity contribution in [2.24, 2.45) is 0 Å². The van der Waals surface area contributed by atoms with Gasteiger partial charge in [-0.1, -0.05) is 11.8 Å². The average Bonchev–Trinajstić information content (AvgIpc) is 2.39. The first-order valence-electron chi connectivity index (χ1n) is 5.39. The maximum atomic E-state index is 10.7. The standard InChI is InChI=1S/C12H9N3O4S/c13-11-9(15(18)19)5-6-10(14-11)20-8-3-1-7(2-4-8)12(16)17/h1-6H,(H2,13,14)(H,16,17). The number of aromatic carboxylic acids is 1. The summed E-state index contributed by atoms with van der Waals surface area (Å²) in [7, 11) is 0. The van der Waals surface area contributed by atoms with Crippen LogP contribution in [0.4, 0.5) is 11.5 Å². The Morgan fingerprint density at radius 1 is 1.25 bits per heavy atom. The number of hydrogen-bond acceptors (Lipinski definition) is 6. The molecule has 20 heavy (non-hydrogen) atoms. The molecule has 7 nitrogen and oxygen atoms in total. The fourth-order valence-corrected chi connectivity index (χ4v) is 2.24. The van der Waals surface area contributed by atoms with Crippen LogP contribution in [-0.2, 0) is 0 Å². The van der Waals surface area contributed by atoms with Crippen LogP contribution in [0.1, 0.15) is 10.4 Å². The van der Waals surface area contributed by atoms with Crippen LogP contribution in [0.2, 0.25) is 0 Å². The molecule has 0 aliphatic carbocycles. The van der Waals surface area contributed by atoms with Gasteiger partial charge in [0.05, 0.1) is 10.5 Å². The fourth-order valence-electron chi connectivity index (χ4n) is 1.45. The summed E-state index contributed by atoms with van der Waals surface area (Å²) < 4.78 is 0. The number of nitrogens with zero attached hydrogens (tertiary/aromatic N) is 2. The third-order valence-electron chi connectivity index (χ3n) is 2.40. The number of anilines is 1. The number of nitro groups is 1. The minimum Gasteiger partial charge on any atom is -0.478 e. The van der Waals surface area contributed by atoms with E-state index in [1.807, 2.05) is 0 Å². The molecule has 1 aromatic carbocycles. The number of nitrogens with two attached hydrogens (primary N) is 1. The van der Waals surface area contributed by atoms with E-state index in [0.717, 1.165) is 4.90 Å². The highest BCUT2D eigenvalue weighted by Gasteiger charge is 2.13. The van der Waals surface area contributed by atoms with Gasteiger partial charge < -0.3 is 10.8 Å². The zero-order valence-corrected chi connectivity index (χ0v) is 10.8. The molecule has 0 unspecified atom stereocenters. The highest BCUT2D eigenvalue weighted by Crippen LogP contribution is 2.29. The number of pyridine rings is 1. The van der Waals surface area contributed by atoms with Crippen molar-refractivity contribution in [3.05, 3.63) is 52.1 Å². The van der Waals surface area contributed by atoms with Crippen molar-refractivity contribution in [2.75, 3.05) is 5.73 Å². The summed E-state index contributed by atoms with van der Waals surface area (Å²) in [4.78, 5) is 25.4. The van der Waals surface area contributed by atoms with Crippen LogP contribution in [-0.4, -0.2) is 21.0 Å². The van der Waals surface area contributed by atoms with Gasteiger partial charge in [-0.25, -0.2) is 9.78 Å². The number of rotatable bonds is 4. The molecule has 1 heterocycles. The van der Waals surface area contributed by atoms with Crippen LogP contribution in [0.25, 0.3) is 0 Å². The third kappa shape index (κ3) is 3.04. The van der Waals surface area contributed by atoms with E-state index in [1.54, 1.807) is 12.1 Å². The van der Waals surface area contributed by atoms with E-state index in [1.165, 1.54) is 36.0 Å². The van der Waals surface area contributed by atoms with Gasteiger partial charge in [-0.15, -0.1) is 0 Å². The molecule has 0 fully saturated rings. The first kappa shape index (κ1) is 13.8. The molecule has 0 amide bonds. The highest BCUT2D eigenvalue weighted by molar-refractivity contribution is 7.99. The molecule has 0 atom stereocenters. The van der Waals surface area contributed by atoms with Gasteiger partial charge in [-0.3, -0.25) is 10.1 Å². The smallest absolute Gasteiger partial charge is 0.335 e. The summed E-state index contributed by atoms with van der Waals surface area (Å²) in [5, 5.41) is 19.9. The molecule has 8 heteroatoms. The van der Waals surface area contributed by atoms with Crippen molar-refractivity contribution in [3.8, 4) is 0 Å². The van der Waals surface area contributed by atoms with E-state index in [9.17, 15) is 14.9 Å². The van der Waals surface area contributed by atoms with Crippen molar-refractivity contribution >= 4 is 29.2 Å². The Kier molecular flexibility index (Phi) is 3.85. The van der Waals surface area contributed by atoms with Gasteiger partial charge in [0, 0.05) is 11.0 Å². The predicted octanol–water partition coefficient (Wildman–Crippen LogP) is 2.42. The predicted molar refractivity (Wildman–Crippen MR) is 72.8 cm³/mol. The summed E-state index contributed by atoms with van der Waals surface area (Å²) >= 11 is 1.24. The van der Waals surface area contributed by atoms with E-state index in [4.69, 9.17) is 10.8 Å². The van der Waals surface area contributed by atoms with Gasteiger partial charge in [0.15, 0.2) is 0 Å². The maximum Gasteiger partial charge on any atom is 0.335 e. The number of benzene rings is 1. The fraction of sp³-hybridized carbons (Fsp3) is 0. The van der Waals surface area contributed by atoms with E-state index in [-0.39, 0.29) is 17.1 Å². The molecule has 0 aliphatic heterocycles. The molecule has 0 spiro atoms. The molecule has 2 aromatic rings. The lowest BCUT2D eigenvalue weighted by Crippen LogP contribution is -1.98. The van der Waals surface area contributed by atoms with Crippen LogP contribution in [0, 0.1) is 10.1 Å². The Labute approximate surface area is 117 Å². The minimum absolute atomic E-state index is 0.151. The summed E-state index contributed by atoms with van der Waals surface area (Å²) in [5.74, 6) is -1.15. The minimum atomic E-state index is -1.00. The Morgan fingerprint density at radius 2 is 1.90 bits per heavy atom. The summed E-state index contributed by atoms with van der Waals surface area (Å²) in [6.45, 7) is 0. The van der Waals surface area contributed by atoms with Crippen molar-refractivity contribution in [1.82, 2.24) is 4.98 Å². The molecule has 0 saturated carbocycles. The molecule has 0 aliphatic rings.